The Morgan fingerprint density at radius 1 is 1.42 bits per heavy atom. The summed E-state index contributed by atoms with van der Waals surface area (Å²) >= 11 is 1.76. The third-order valence-corrected chi connectivity index (χ3v) is 5.14. The minimum atomic E-state index is -0.436. The number of halogens is 1. The quantitative estimate of drug-likeness (QED) is 0.789. The van der Waals surface area contributed by atoms with Gasteiger partial charge >= 0.3 is 0 Å². The second-order valence-electron chi connectivity index (χ2n) is 4.51. The van der Waals surface area contributed by atoms with E-state index in [1.807, 2.05) is 6.26 Å². The first-order valence-electron chi connectivity index (χ1n) is 6.36. The molecule has 0 bridgehead atoms. The van der Waals surface area contributed by atoms with Crippen LogP contribution in [0.2, 0.25) is 0 Å². The maximum absolute atomic E-state index is 12.9. The molecule has 1 aromatic carbocycles. The van der Waals surface area contributed by atoms with Crippen LogP contribution in [0.4, 0.5) is 10.1 Å². The molecule has 3 N–H and O–H groups in total. The number of anilines is 1. The average molecular weight is 284 g/mol. The van der Waals surface area contributed by atoms with Crippen LogP contribution in [0, 0.1) is 5.82 Å². The van der Waals surface area contributed by atoms with E-state index in [2.05, 4.69) is 19.2 Å². The molecule has 0 spiro atoms. The summed E-state index contributed by atoms with van der Waals surface area (Å²) in [5.74, 6) is -0.688. The van der Waals surface area contributed by atoms with Gasteiger partial charge < -0.3 is 11.1 Å². The van der Waals surface area contributed by atoms with Gasteiger partial charge in [-0.05, 0) is 37.3 Å². The number of benzene rings is 1. The van der Waals surface area contributed by atoms with Gasteiger partial charge in [-0.1, -0.05) is 13.8 Å². The lowest BCUT2D eigenvalue weighted by Crippen LogP contribution is -2.39. The molecule has 0 aliphatic carbocycles. The molecule has 0 unspecified atom stereocenters. The van der Waals surface area contributed by atoms with Crippen LogP contribution in [0.25, 0.3) is 0 Å². The molecule has 0 heterocycles. The van der Waals surface area contributed by atoms with Gasteiger partial charge in [-0.25, -0.2) is 4.39 Å². The first kappa shape index (κ1) is 15.8. The molecule has 0 saturated heterocycles. The Morgan fingerprint density at radius 3 is 2.53 bits per heavy atom. The fourth-order valence-electron chi connectivity index (χ4n) is 1.94. The smallest absolute Gasteiger partial charge is 0.253 e. The van der Waals surface area contributed by atoms with Crippen molar-refractivity contribution in [3.8, 4) is 0 Å². The molecule has 0 aliphatic heterocycles. The van der Waals surface area contributed by atoms with Crippen LogP contribution >= 0.6 is 11.8 Å². The molecule has 0 aliphatic rings. The third-order valence-electron chi connectivity index (χ3n) is 3.55. The number of nitrogen functional groups attached to an aromatic ring is 1. The Labute approximate surface area is 118 Å². The van der Waals surface area contributed by atoms with Crippen molar-refractivity contribution in [2.75, 3.05) is 18.5 Å². The molecule has 3 nitrogen and oxygen atoms in total. The number of carbonyl (C=O) groups is 1. The molecule has 1 aromatic rings. The van der Waals surface area contributed by atoms with Crippen molar-refractivity contribution in [2.24, 2.45) is 0 Å². The summed E-state index contributed by atoms with van der Waals surface area (Å²) in [6.07, 6.45) is 4.00. The van der Waals surface area contributed by atoms with Gasteiger partial charge in [0, 0.05) is 17.0 Å². The van der Waals surface area contributed by atoms with E-state index in [4.69, 9.17) is 5.73 Å². The van der Waals surface area contributed by atoms with Gasteiger partial charge in [-0.2, -0.15) is 11.8 Å². The van der Waals surface area contributed by atoms with Crippen LogP contribution in [0.3, 0.4) is 0 Å². The summed E-state index contributed by atoms with van der Waals surface area (Å²) in [6, 6.07) is 3.82. The number of nitrogens with one attached hydrogen (secondary N) is 1. The topological polar surface area (TPSA) is 55.1 Å². The van der Waals surface area contributed by atoms with Crippen LogP contribution in [-0.2, 0) is 0 Å². The van der Waals surface area contributed by atoms with E-state index in [1.54, 1.807) is 11.8 Å². The minimum absolute atomic E-state index is 0.0461. The molecule has 0 fully saturated rings. The van der Waals surface area contributed by atoms with E-state index in [0.717, 1.165) is 18.9 Å². The molecule has 19 heavy (non-hydrogen) atoms. The van der Waals surface area contributed by atoms with E-state index in [-0.39, 0.29) is 16.3 Å². The molecule has 0 atom stereocenters. The van der Waals surface area contributed by atoms with Gasteiger partial charge in [-0.15, -0.1) is 0 Å². The normalized spacial score (nSPS) is 11.4. The number of carbonyl (C=O) groups excluding carboxylic acids is 1. The molecule has 5 heteroatoms. The summed E-state index contributed by atoms with van der Waals surface area (Å²) in [4.78, 5) is 12.0. The predicted molar refractivity (Wildman–Crippen MR) is 80.0 cm³/mol. The van der Waals surface area contributed by atoms with Gasteiger partial charge in [0.15, 0.2) is 0 Å². The van der Waals surface area contributed by atoms with Crippen molar-refractivity contribution >= 4 is 23.4 Å². The average Bonchev–Trinajstić information content (AvgIpc) is 2.40. The zero-order valence-corrected chi connectivity index (χ0v) is 12.4. The highest BCUT2D eigenvalue weighted by Gasteiger charge is 2.25. The molecule has 0 radical (unpaired) electrons. The molecule has 0 saturated carbocycles. The zero-order chi connectivity index (χ0) is 14.5. The summed E-state index contributed by atoms with van der Waals surface area (Å²) in [5, 5.41) is 2.89. The van der Waals surface area contributed by atoms with Gasteiger partial charge in [0.05, 0.1) is 5.56 Å². The Hall–Kier alpha value is -1.23. The second kappa shape index (κ2) is 6.80. The number of hydrogen-bond donors (Lipinski definition) is 2. The largest absolute Gasteiger partial charge is 0.398 e. The van der Waals surface area contributed by atoms with Crippen molar-refractivity contribution in [3.63, 3.8) is 0 Å². The first-order chi connectivity index (χ1) is 8.98. The number of thioether (sulfide) groups is 1. The van der Waals surface area contributed by atoms with Gasteiger partial charge in [0.25, 0.3) is 5.91 Å². The number of hydrogen-bond acceptors (Lipinski definition) is 3. The zero-order valence-electron chi connectivity index (χ0n) is 11.6. The van der Waals surface area contributed by atoms with Crippen LogP contribution in [0.5, 0.6) is 0 Å². The predicted octanol–water partition coefficient (Wildman–Crippen LogP) is 3.06. The van der Waals surface area contributed by atoms with Crippen molar-refractivity contribution in [1.29, 1.82) is 0 Å². The monoisotopic (exact) mass is 284 g/mol. The first-order valence-corrected chi connectivity index (χ1v) is 7.59. The summed E-state index contributed by atoms with van der Waals surface area (Å²) in [7, 11) is 0. The lowest BCUT2D eigenvalue weighted by Gasteiger charge is -2.29. The Balaban J connectivity index is 2.75. The van der Waals surface area contributed by atoms with E-state index in [0.29, 0.717) is 12.1 Å². The van der Waals surface area contributed by atoms with E-state index < -0.39 is 5.82 Å². The molecular weight excluding hydrogens is 263 g/mol. The lowest BCUT2D eigenvalue weighted by molar-refractivity contribution is 0.0950. The molecular formula is C14H21FN2OS. The molecule has 106 valence electrons. The van der Waals surface area contributed by atoms with Gasteiger partial charge in [-0.3, -0.25) is 4.79 Å². The second-order valence-corrected chi connectivity index (χ2v) is 5.78. The fraction of sp³-hybridized carbons (Fsp3) is 0.500. The highest BCUT2D eigenvalue weighted by molar-refractivity contribution is 8.00. The highest BCUT2D eigenvalue weighted by atomic mass is 32.2. The molecule has 1 rings (SSSR count). The molecule has 0 aromatic heterocycles. The van der Waals surface area contributed by atoms with Crippen molar-refractivity contribution in [2.45, 2.75) is 31.4 Å². The maximum atomic E-state index is 12.9. The Morgan fingerprint density at radius 2 is 2.05 bits per heavy atom. The fourth-order valence-corrected chi connectivity index (χ4v) is 2.73. The van der Waals surface area contributed by atoms with E-state index >= 15 is 0 Å². The molecule has 1 amide bonds. The highest BCUT2D eigenvalue weighted by Crippen LogP contribution is 2.29. The van der Waals surface area contributed by atoms with E-state index in [9.17, 15) is 9.18 Å². The van der Waals surface area contributed by atoms with Crippen molar-refractivity contribution < 1.29 is 9.18 Å². The van der Waals surface area contributed by atoms with Crippen LogP contribution in [0.15, 0.2) is 18.2 Å². The maximum Gasteiger partial charge on any atom is 0.253 e. The van der Waals surface area contributed by atoms with Crippen LogP contribution < -0.4 is 11.1 Å². The van der Waals surface area contributed by atoms with Gasteiger partial charge in [0.2, 0.25) is 0 Å². The Kier molecular flexibility index (Phi) is 5.66. The summed E-state index contributed by atoms with van der Waals surface area (Å²) < 4.78 is 13.0. The van der Waals surface area contributed by atoms with Crippen LogP contribution in [-0.4, -0.2) is 23.5 Å². The summed E-state index contributed by atoms with van der Waals surface area (Å²) in [5.41, 5.74) is 6.14. The van der Waals surface area contributed by atoms with E-state index in [1.165, 1.54) is 12.1 Å². The number of nitrogens with two attached hydrogens (primary N) is 1. The Bertz CT molecular complexity index is 439. The lowest BCUT2D eigenvalue weighted by atomic mass is 10.0. The number of rotatable bonds is 6. The van der Waals surface area contributed by atoms with Gasteiger partial charge in [0.1, 0.15) is 5.82 Å². The van der Waals surface area contributed by atoms with Crippen LogP contribution in [0.1, 0.15) is 37.0 Å². The number of amides is 1. The third kappa shape index (κ3) is 3.86. The van der Waals surface area contributed by atoms with Crippen molar-refractivity contribution in [3.05, 3.63) is 29.6 Å². The SMILES string of the molecule is CCC(CC)(CNC(=O)c1ccc(F)cc1N)SC. The van der Waals surface area contributed by atoms with Crippen molar-refractivity contribution in [1.82, 2.24) is 5.32 Å². The standard InChI is InChI=1S/C14H21FN2OS/c1-4-14(5-2,19-3)9-17-13(18)11-7-6-10(15)8-12(11)16/h6-8H,4-5,9,16H2,1-3H3,(H,17,18). The summed E-state index contributed by atoms with van der Waals surface area (Å²) in [6.45, 7) is 4.80. The minimum Gasteiger partial charge on any atom is -0.398 e.